The molecule has 2 saturated heterocycles. The van der Waals surface area contributed by atoms with Crippen LogP contribution in [0.15, 0.2) is 78.9 Å². The van der Waals surface area contributed by atoms with Crippen molar-refractivity contribution in [2.24, 2.45) is 0 Å². The number of amides is 1. The van der Waals surface area contributed by atoms with Gasteiger partial charge < -0.3 is 14.7 Å². The predicted octanol–water partition coefficient (Wildman–Crippen LogP) is 5.57. The molecule has 0 aromatic heterocycles. The summed E-state index contributed by atoms with van der Waals surface area (Å²) in [6.07, 6.45) is 2.24. The third-order valence-electron chi connectivity index (χ3n) is 9.43. The van der Waals surface area contributed by atoms with Crippen molar-refractivity contribution in [2.75, 3.05) is 52.4 Å². The second-order valence-corrected chi connectivity index (χ2v) is 12.8. The molecule has 8 nitrogen and oxygen atoms in total. The van der Waals surface area contributed by atoms with E-state index < -0.39 is 0 Å². The molecule has 0 aliphatic carbocycles. The Morgan fingerprint density at radius 2 is 1.57 bits per heavy atom. The SMILES string of the molecule is CCOC(=O)CCCCN1CCN(C(=O)c2cccc([C@H](c3cccc(O)c3)N3C[C@@H](C)N(Cc4ccccc4)C[C@@H]3C)c2)CC1. The van der Waals surface area contributed by atoms with Crippen molar-refractivity contribution in [3.63, 3.8) is 0 Å². The topological polar surface area (TPSA) is 76.6 Å². The molecule has 2 aliphatic heterocycles. The fraction of sp³-hybridized carbons (Fsp3) is 0.474. The van der Waals surface area contributed by atoms with E-state index in [1.807, 2.05) is 36.1 Å². The van der Waals surface area contributed by atoms with Crippen molar-refractivity contribution in [1.29, 1.82) is 0 Å². The molecule has 2 heterocycles. The summed E-state index contributed by atoms with van der Waals surface area (Å²) in [6, 6.07) is 26.8. The Kier molecular flexibility index (Phi) is 11.9. The quantitative estimate of drug-likeness (QED) is 0.208. The van der Waals surface area contributed by atoms with Crippen LogP contribution in [-0.4, -0.2) is 101 Å². The van der Waals surface area contributed by atoms with Crippen LogP contribution in [-0.2, 0) is 16.1 Å². The number of aromatic hydroxyl groups is 1. The summed E-state index contributed by atoms with van der Waals surface area (Å²) in [5.74, 6) is 0.185. The van der Waals surface area contributed by atoms with E-state index in [-0.39, 0.29) is 29.7 Å². The van der Waals surface area contributed by atoms with Gasteiger partial charge in [-0.3, -0.25) is 24.3 Å². The lowest BCUT2D eigenvalue weighted by Gasteiger charge is -2.47. The molecular formula is C38H50N4O4. The van der Waals surface area contributed by atoms with Crippen LogP contribution in [0.2, 0.25) is 0 Å². The molecule has 1 N–H and O–H groups in total. The lowest BCUT2D eigenvalue weighted by atomic mass is 9.92. The number of hydrogen-bond donors (Lipinski definition) is 1. The lowest BCUT2D eigenvalue weighted by Crippen LogP contribution is -2.56. The Morgan fingerprint density at radius 1 is 0.848 bits per heavy atom. The van der Waals surface area contributed by atoms with Crippen molar-refractivity contribution in [2.45, 2.75) is 64.7 Å². The number of phenols is 1. The van der Waals surface area contributed by atoms with Crippen LogP contribution >= 0.6 is 0 Å². The van der Waals surface area contributed by atoms with E-state index in [0.29, 0.717) is 37.7 Å². The van der Waals surface area contributed by atoms with Gasteiger partial charge >= 0.3 is 5.97 Å². The second-order valence-electron chi connectivity index (χ2n) is 12.8. The van der Waals surface area contributed by atoms with E-state index in [4.69, 9.17) is 4.74 Å². The minimum atomic E-state index is -0.124. The zero-order valence-electron chi connectivity index (χ0n) is 27.7. The number of hydrogen-bond acceptors (Lipinski definition) is 7. The molecule has 2 fully saturated rings. The zero-order chi connectivity index (χ0) is 32.5. The molecule has 2 aliphatic rings. The molecule has 5 rings (SSSR count). The average Bonchev–Trinajstić information content (AvgIpc) is 3.06. The minimum Gasteiger partial charge on any atom is -0.508 e. The van der Waals surface area contributed by atoms with E-state index in [2.05, 4.69) is 77.1 Å². The fourth-order valence-corrected chi connectivity index (χ4v) is 6.93. The summed E-state index contributed by atoms with van der Waals surface area (Å²) in [5, 5.41) is 10.5. The Labute approximate surface area is 274 Å². The highest BCUT2D eigenvalue weighted by Crippen LogP contribution is 2.35. The van der Waals surface area contributed by atoms with Gasteiger partial charge in [0.25, 0.3) is 5.91 Å². The van der Waals surface area contributed by atoms with Gasteiger partial charge in [0.1, 0.15) is 5.75 Å². The van der Waals surface area contributed by atoms with Gasteiger partial charge in [-0.25, -0.2) is 0 Å². The van der Waals surface area contributed by atoms with Crippen LogP contribution in [0.4, 0.5) is 0 Å². The third-order valence-corrected chi connectivity index (χ3v) is 9.43. The number of benzene rings is 3. The summed E-state index contributed by atoms with van der Waals surface area (Å²) in [6.45, 7) is 13.5. The first-order valence-electron chi connectivity index (χ1n) is 16.9. The highest BCUT2D eigenvalue weighted by molar-refractivity contribution is 5.94. The molecule has 46 heavy (non-hydrogen) atoms. The second kappa shape index (κ2) is 16.2. The maximum atomic E-state index is 13.8. The van der Waals surface area contributed by atoms with Gasteiger partial charge in [0.15, 0.2) is 0 Å². The zero-order valence-corrected chi connectivity index (χ0v) is 27.7. The third kappa shape index (κ3) is 8.75. The number of nitrogens with zero attached hydrogens (tertiary/aromatic N) is 4. The van der Waals surface area contributed by atoms with Crippen LogP contribution in [0.5, 0.6) is 5.75 Å². The number of phenolic OH excluding ortho intramolecular Hbond substituents is 1. The highest BCUT2D eigenvalue weighted by atomic mass is 16.5. The highest BCUT2D eigenvalue weighted by Gasteiger charge is 2.35. The van der Waals surface area contributed by atoms with Crippen LogP contribution in [0.1, 0.15) is 73.1 Å². The summed E-state index contributed by atoms with van der Waals surface area (Å²) < 4.78 is 5.03. The first-order valence-corrected chi connectivity index (χ1v) is 16.9. The molecule has 0 bridgehead atoms. The molecule has 0 unspecified atom stereocenters. The summed E-state index contributed by atoms with van der Waals surface area (Å²) in [5.41, 5.74) is 4.11. The Balaban J connectivity index is 1.26. The molecule has 3 atom stereocenters. The number of ether oxygens (including phenoxy) is 1. The predicted molar refractivity (Wildman–Crippen MR) is 182 cm³/mol. The maximum absolute atomic E-state index is 13.8. The van der Waals surface area contributed by atoms with Gasteiger partial charge in [0.2, 0.25) is 0 Å². The molecule has 0 spiro atoms. The van der Waals surface area contributed by atoms with Gasteiger partial charge in [-0.15, -0.1) is 0 Å². The number of piperazine rings is 2. The van der Waals surface area contributed by atoms with E-state index in [1.54, 1.807) is 6.07 Å². The largest absolute Gasteiger partial charge is 0.508 e. The van der Waals surface area contributed by atoms with E-state index in [1.165, 1.54) is 5.56 Å². The number of rotatable bonds is 12. The summed E-state index contributed by atoms with van der Waals surface area (Å²) in [7, 11) is 0. The van der Waals surface area contributed by atoms with Crippen LogP contribution < -0.4 is 0 Å². The monoisotopic (exact) mass is 626 g/mol. The van der Waals surface area contributed by atoms with Gasteiger partial charge in [0, 0.05) is 69.9 Å². The Morgan fingerprint density at radius 3 is 2.28 bits per heavy atom. The molecule has 3 aromatic carbocycles. The number of esters is 1. The van der Waals surface area contributed by atoms with E-state index in [0.717, 1.165) is 63.2 Å². The molecule has 0 saturated carbocycles. The van der Waals surface area contributed by atoms with Crippen LogP contribution in [0.25, 0.3) is 0 Å². The van der Waals surface area contributed by atoms with Gasteiger partial charge in [0.05, 0.1) is 12.6 Å². The standard InChI is InChI=1S/C38H50N4O4/c1-4-46-36(44)18-8-9-19-39-20-22-40(23-21-39)38(45)34-16-10-14-32(24-34)37(33-15-11-17-35(43)25-33)42-27-29(2)41(26-30(42)3)28-31-12-6-5-7-13-31/h5-7,10-17,24-25,29-30,37,43H,4,8-9,18-23,26-28H2,1-3H3/t29-,30+,37-/m1/s1. The maximum Gasteiger partial charge on any atom is 0.305 e. The van der Waals surface area contributed by atoms with E-state index >= 15 is 0 Å². The van der Waals surface area contributed by atoms with Gasteiger partial charge in [-0.05, 0) is 81.1 Å². The van der Waals surface area contributed by atoms with Crippen molar-refractivity contribution in [3.05, 3.63) is 101 Å². The average molecular weight is 627 g/mol. The Hall–Kier alpha value is -3.72. The van der Waals surface area contributed by atoms with Crippen molar-refractivity contribution >= 4 is 11.9 Å². The molecule has 0 radical (unpaired) electrons. The van der Waals surface area contributed by atoms with Crippen molar-refractivity contribution in [1.82, 2.24) is 19.6 Å². The lowest BCUT2D eigenvalue weighted by molar-refractivity contribution is -0.143. The number of carbonyl (C=O) groups excluding carboxylic acids is 2. The fourth-order valence-electron chi connectivity index (χ4n) is 6.93. The normalized spacial score (nSPS) is 20.4. The Bertz CT molecular complexity index is 1420. The van der Waals surface area contributed by atoms with Crippen molar-refractivity contribution < 1.29 is 19.4 Å². The minimum absolute atomic E-state index is 0.0626. The van der Waals surface area contributed by atoms with Crippen LogP contribution in [0, 0.1) is 0 Å². The first kappa shape index (κ1) is 33.6. The molecule has 8 heteroatoms. The molecular weight excluding hydrogens is 576 g/mol. The van der Waals surface area contributed by atoms with Crippen molar-refractivity contribution in [3.8, 4) is 5.75 Å². The molecule has 1 amide bonds. The molecule has 3 aromatic rings. The number of unbranched alkanes of at least 4 members (excludes halogenated alkanes) is 1. The van der Waals surface area contributed by atoms with Crippen LogP contribution in [0.3, 0.4) is 0 Å². The number of carbonyl (C=O) groups is 2. The molecule has 246 valence electrons. The smallest absolute Gasteiger partial charge is 0.305 e. The van der Waals surface area contributed by atoms with E-state index in [9.17, 15) is 14.7 Å². The van der Waals surface area contributed by atoms with Gasteiger partial charge in [-0.1, -0.05) is 54.6 Å². The first-order chi connectivity index (χ1) is 22.3. The van der Waals surface area contributed by atoms with Gasteiger partial charge in [-0.2, -0.15) is 0 Å². The summed E-state index contributed by atoms with van der Waals surface area (Å²) in [4.78, 5) is 34.8. The summed E-state index contributed by atoms with van der Waals surface area (Å²) >= 11 is 0.